The van der Waals surface area contributed by atoms with Gasteiger partial charge in [0.25, 0.3) is 0 Å². The van der Waals surface area contributed by atoms with E-state index < -0.39 is 11.5 Å². The second kappa shape index (κ2) is 6.74. The Morgan fingerprint density at radius 1 is 1.33 bits per heavy atom. The lowest BCUT2D eigenvalue weighted by molar-refractivity contribution is -0.144. The van der Waals surface area contributed by atoms with Gasteiger partial charge in [-0.15, -0.1) is 11.3 Å². The molecule has 0 aliphatic carbocycles. The van der Waals surface area contributed by atoms with Gasteiger partial charge in [0.05, 0.1) is 7.11 Å². The van der Waals surface area contributed by atoms with Crippen LogP contribution in [0.2, 0.25) is 0 Å². The molecule has 0 aliphatic heterocycles. The van der Waals surface area contributed by atoms with Crippen molar-refractivity contribution in [2.45, 2.75) is 25.4 Å². The highest BCUT2D eigenvalue weighted by Crippen LogP contribution is 2.23. The van der Waals surface area contributed by atoms with E-state index in [1.165, 1.54) is 0 Å². The molecule has 0 spiro atoms. The zero-order valence-electron chi connectivity index (χ0n) is 12.1. The highest BCUT2D eigenvalue weighted by Gasteiger charge is 2.33. The molecule has 0 amide bonds. The maximum absolute atomic E-state index is 11.7. The smallest absolute Gasteiger partial charge is 0.323 e. The summed E-state index contributed by atoms with van der Waals surface area (Å²) in [5.74, 6) is -0.159. The second-order valence-electron chi connectivity index (χ2n) is 5.06. The fourth-order valence-corrected chi connectivity index (χ4v) is 2.78. The zero-order chi connectivity index (χ0) is 15.3. The van der Waals surface area contributed by atoms with Crippen molar-refractivity contribution in [3.05, 3.63) is 52.2 Å². The first-order valence-corrected chi connectivity index (χ1v) is 7.56. The number of nitrogens with one attached hydrogen (secondary N) is 1. The molecule has 0 radical (unpaired) electrons. The number of ether oxygens (including phenoxy) is 1. The molecular formula is C16H19NO3S. The van der Waals surface area contributed by atoms with Crippen LogP contribution in [-0.4, -0.2) is 23.7 Å². The lowest BCUT2D eigenvalue weighted by Crippen LogP contribution is -2.50. The Kier molecular flexibility index (Phi) is 4.98. The number of rotatable bonds is 7. The average molecular weight is 305 g/mol. The lowest BCUT2D eigenvalue weighted by atomic mass is 9.92. The van der Waals surface area contributed by atoms with Crippen LogP contribution in [0.5, 0.6) is 5.75 Å². The summed E-state index contributed by atoms with van der Waals surface area (Å²) in [6.07, 6.45) is 0.359. The van der Waals surface area contributed by atoms with E-state index in [1.54, 1.807) is 25.4 Å². The van der Waals surface area contributed by atoms with E-state index in [0.717, 1.165) is 10.4 Å². The predicted molar refractivity (Wildman–Crippen MR) is 83.9 cm³/mol. The van der Waals surface area contributed by atoms with Crippen molar-refractivity contribution in [2.75, 3.05) is 7.11 Å². The number of hydrogen-bond acceptors (Lipinski definition) is 4. The van der Waals surface area contributed by atoms with Gasteiger partial charge in [-0.2, -0.15) is 0 Å². The molecule has 2 rings (SSSR count). The third kappa shape index (κ3) is 3.83. The van der Waals surface area contributed by atoms with Crippen molar-refractivity contribution in [1.29, 1.82) is 0 Å². The van der Waals surface area contributed by atoms with Crippen molar-refractivity contribution >= 4 is 17.3 Å². The molecule has 0 saturated heterocycles. The minimum atomic E-state index is -1.04. The van der Waals surface area contributed by atoms with Gasteiger partial charge >= 0.3 is 5.97 Å². The van der Waals surface area contributed by atoms with Crippen molar-refractivity contribution in [3.63, 3.8) is 0 Å². The van der Waals surface area contributed by atoms with E-state index in [2.05, 4.69) is 5.32 Å². The molecule has 5 heteroatoms. The van der Waals surface area contributed by atoms with Gasteiger partial charge in [0, 0.05) is 17.8 Å². The van der Waals surface area contributed by atoms with Crippen LogP contribution in [-0.2, 0) is 17.8 Å². The Morgan fingerprint density at radius 3 is 2.71 bits per heavy atom. The van der Waals surface area contributed by atoms with E-state index in [1.807, 2.05) is 41.8 Å². The fraction of sp³-hybridized carbons (Fsp3) is 0.312. The fourth-order valence-electron chi connectivity index (χ4n) is 2.14. The molecule has 21 heavy (non-hydrogen) atoms. The first kappa shape index (κ1) is 15.5. The molecule has 0 bridgehead atoms. The number of hydrogen-bond donors (Lipinski definition) is 2. The number of carboxylic acids is 1. The Balaban J connectivity index is 2.15. The summed E-state index contributed by atoms with van der Waals surface area (Å²) in [6, 6.07) is 11.5. The van der Waals surface area contributed by atoms with Crippen LogP contribution < -0.4 is 10.1 Å². The number of benzene rings is 1. The molecule has 2 N–H and O–H groups in total. The number of thiophene rings is 1. The highest BCUT2D eigenvalue weighted by molar-refractivity contribution is 7.09. The van der Waals surface area contributed by atoms with Crippen molar-refractivity contribution < 1.29 is 14.6 Å². The maximum atomic E-state index is 11.7. The summed E-state index contributed by atoms with van der Waals surface area (Å²) >= 11 is 1.61. The number of aliphatic carboxylic acids is 1. The first-order valence-electron chi connectivity index (χ1n) is 6.68. The minimum absolute atomic E-state index is 0.359. The summed E-state index contributed by atoms with van der Waals surface area (Å²) in [6.45, 7) is 2.24. The van der Waals surface area contributed by atoms with E-state index in [-0.39, 0.29) is 0 Å². The van der Waals surface area contributed by atoms with E-state index >= 15 is 0 Å². The molecule has 112 valence electrons. The molecule has 0 aliphatic rings. The summed E-state index contributed by atoms with van der Waals surface area (Å²) in [5.41, 5.74) is -0.165. The summed E-state index contributed by atoms with van der Waals surface area (Å²) in [4.78, 5) is 12.8. The van der Waals surface area contributed by atoms with Gasteiger partial charge in [-0.1, -0.05) is 24.3 Å². The SMILES string of the molecule is COc1ccccc1CC(C)(NCc1cccs1)C(=O)O. The molecule has 0 fully saturated rings. The topological polar surface area (TPSA) is 58.6 Å². The van der Waals surface area contributed by atoms with E-state index in [4.69, 9.17) is 4.74 Å². The van der Waals surface area contributed by atoms with Gasteiger partial charge in [-0.3, -0.25) is 10.1 Å². The number of carbonyl (C=O) groups is 1. The number of carboxylic acid groups (broad SMARTS) is 1. The van der Waals surface area contributed by atoms with E-state index in [0.29, 0.717) is 18.7 Å². The van der Waals surface area contributed by atoms with Gasteiger partial charge in [0.2, 0.25) is 0 Å². The first-order chi connectivity index (χ1) is 10.0. The predicted octanol–water partition coefficient (Wildman–Crippen LogP) is 2.93. The summed E-state index contributed by atoms with van der Waals surface area (Å²) in [5, 5.41) is 14.7. The van der Waals surface area contributed by atoms with Crippen LogP contribution in [0.1, 0.15) is 17.4 Å². The average Bonchev–Trinajstić information content (AvgIpc) is 2.99. The number of para-hydroxylation sites is 1. The summed E-state index contributed by atoms with van der Waals surface area (Å²) < 4.78 is 5.30. The van der Waals surface area contributed by atoms with Crippen LogP contribution in [0.25, 0.3) is 0 Å². The van der Waals surface area contributed by atoms with Crippen molar-refractivity contribution in [1.82, 2.24) is 5.32 Å². The van der Waals surface area contributed by atoms with Crippen LogP contribution in [0, 0.1) is 0 Å². The van der Waals surface area contributed by atoms with Crippen LogP contribution in [0.4, 0.5) is 0 Å². The summed E-state index contributed by atoms with van der Waals surface area (Å²) in [7, 11) is 1.59. The zero-order valence-corrected chi connectivity index (χ0v) is 12.9. The van der Waals surface area contributed by atoms with Crippen molar-refractivity contribution in [3.8, 4) is 5.75 Å². The third-order valence-corrected chi connectivity index (χ3v) is 4.32. The van der Waals surface area contributed by atoms with Gasteiger partial charge in [0.1, 0.15) is 11.3 Å². The quantitative estimate of drug-likeness (QED) is 0.826. The molecular weight excluding hydrogens is 286 g/mol. The molecule has 1 atom stereocenters. The van der Waals surface area contributed by atoms with Crippen molar-refractivity contribution in [2.24, 2.45) is 0 Å². The number of methoxy groups -OCH3 is 1. The van der Waals surface area contributed by atoms with Gasteiger partial charge in [-0.05, 0) is 30.0 Å². The molecule has 1 heterocycles. The standard InChI is InChI=1S/C16H19NO3S/c1-16(15(18)19,17-11-13-7-5-9-21-13)10-12-6-3-4-8-14(12)20-2/h3-9,17H,10-11H2,1-2H3,(H,18,19). The van der Waals surface area contributed by atoms with Gasteiger partial charge in [0.15, 0.2) is 0 Å². The van der Waals surface area contributed by atoms with Crippen LogP contribution in [0.15, 0.2) is 41.8 Å². The highest BCUT2D eigenvalue weighted by atomic mass is 32.1. The lowest BCUT2D eigenvalue weighted by Gasteiger charge is -2.27. The van der Waals surface area contributed by atoms with Crippen LogP contribution in [0.3, 0.4) is 0 Å². The molecule has 1 aromatic heterocycles. The third-order valence-electron chi connectivity index (χ3n) is 3.44. The monoisotopic (exact) mass is 305 g/mol. The van der Waals surface area contributed by atoms with E-state index in [9.17, 15) is 9.90 Å². The maximum Gasteiger partial charge on any atom is 0.323 e. The molecule has 1 aromatic carbocycles. The molecule has 1 unspecified atom stereocenters. The Bertz CT molecular complexity index is 597. The Hall–Kier alpha value is -1.85. The largest absolute Gasteiger partial charge is 0.496 e. The van der Waals surface area contributed by atoms with Gasteiger partial charge in [-0.25, -0.2) is 0 Å². The minimum Gasteiger partial charge on any atom is -0.496 e. The molecule has 2 aromatic rings. The van der Waals surface area contributed by atoms with Crippen LogP contribution >= 0.6 is 11.3 Å². The Labute approximate surface area is 128 Å². The molecule has 4 nitrogen and oxygen atoms in total. The Morgan fingerprint density at radius 2 is 2.10 bits per heavy atom. The van der Waals surface area contributed by atoms with Gasteiger partial charge < -0.3 is 9.84 Å². The molecule has 0 saturated carbocycles. The second-order valence-corrected chi connectivity index (χ2v) is 6.09. The normalized spacial score (nSPS) is 13.6.